The van der Waals surface area contributed by atoms with Crippen molar-refractivity contribution in [3.05, 3.63) is 28.8 Å². The van der Waals surface area contributed by atoms with Crippen LogP contribution in [-0.4, -0.2) is 34.2 Å². The first kappa shape index (κ1) is 18.2. The van der Waals surface area contributed by atoms with Crippen LogP contribution in [0.3, 0.4) is 0 Å². The number of benzene rings is 1. The molecular weight excluding hydrogens is 339 g/mol. The third-order valence-corrected chi connectivity index (χ3v) is 4.03. The van der Waals surface area contributed by atoms with Crippen molar-refractivity contribution in [1.29, 1.82) is 0 Å². The van der Waals surface area contributed by atoms with Gasteiger partial charge in [0.1, 0.15) is 6.61 Å². The van der Waals surface area contributed by atoms with Crippen LogP contribution >= 0.6 is 22.3 Å². The maximum absolute atomic E-state index is 11.8. The zero-order valence-corrected chi connectivity index (χ0v) is 14.0. The highest BCUT2D eigenvalue weighted by atomic mass is 35.7. The smallest absolute Gasteiger partial charge is 0.339 e. The third-order valence-electron chi connectivity index (χ3n) is 2.35. The van der Waals surface area contributed by atoms with Crippen molar-refractivity contribution in [2.75, 3.05) is 19.8 Å². The van der Waals surface area contributed by atoms with E-state index in [1.807, 2.05) is 13.8 Å². The van der Waals surface area contributed by atoms with E-state index in [2.05, 4.69) is 0 Å². The van der Waals surface area contributed by atoms with Gasteiger partial charge in [-0.1, -0.05) is 25.4 Å². The van der Waals surface area contributed by atoms with Crippen molar-refractivity contribution in [3.63, 3.8) is 0 Å². The van der Waals surface area contributed by atoms with Crippen molar-refractivity contribution in [3.8, 4) is 0 Å². The second kappa shape index (κ2) is 7.98. The number of rotatable bonds is 7. The van der Waals surface area contributed by atoms with Gasteiger partial charge in [-0.2, -0.15) is 0 Å². The highest BCUT2D eigenvalue weighted by Crippen LogP contribution is 2.23. The first-order valence-corrected chi connectivity index (χ1v) is 8.89. The van der Waals surface area contributed by atoms with Crippen LogP contribution in [0.4, 0.5) is 0 Å². The van der Waals surface area contributed by atoms with Gasteiger partial charge in [0.25, 0.3) is 9.05 Å². The van der Waals surface area contributed by atoms with E-state index >= 15 is 0 Å². The number of hydrogen-bond donors (Lipinski definition) is 0. The van der Waals surface area contributed by atoms with Gasteiger partial charge in [-0.15, -0.1) is 0 Å². The Hall–Kier alpha value is -0.820. The molecule has 0 saturated heterocycles. The van der Waals surface area contributed by atoms with Crippen LogP contribution in [0.15, 0.2) is 23.1 Å². The van der Waals surface area contributed by atoms with E-state index in [1.54, 1.807) is 0 Å². The van der Waals surface area contributed by atoms with Gasteiger partial charge in [0.05, 0.1) is 22.1 Å². The summed E-state index contributed by atoms with van der Waals surface area (Å²) in [6.07, 6.45) is 0. The lowest BCUT2D eigenvalue weighted by molar-refractivity contribution is 0.0277. The highest BCUT2D eigenvalue weighted by molar-refractivity contribution is 8.13. The van der Waals surface area contributed by atoms with Gasteiger partial charge >= 0.3 is 5.97 Å². The molecule has 0 unspecified atom stereocenters. The largest absolute Gasteiger partial charge is 0.460 e. The Kier molecular flexibility index (Phi) is 6.93. The van der Waals surface area contributed by atoms with Gasteiger partial charge in [0.15, 0.2) is 0 Å². The number of halogens is 2. The maximum Gasteiger partial charge on any atom is 0.339 e. The number of ether oxygens (including phenoxy) is 2. The summed E-state index contributed by atoms with van der Waals surface area (Å²) in [7, 11) is 1.29. The summed E-state index contributed by atoms with van der Waals surface area (Å²) in [5.74, 6) is -0.337. The topological polar surface area (TPSA) is 69.7 Å². The van der Waals surface area contributed by atoms with Crippen molar-refractivity contribution in [2.45, 2.75) is 18.7 Å². The molecule has 0 fully saturated rings. The van der Waals surface area contributed by atoms with E-state index in [0.717, 1.165) is 6.07 Å². The molecule has 0 aromatic heterocycles. The lowest BCUT2D eigenvalue weighted by atomic mass is 10.2. The van der Waals surface area contributed by atoms with Crippen LogP contribution in [0.2, 0.25) is 5.02 Å². The highest BCUT2D eigenvalue weighted by Gasteiger charge is 2.17. The molecule has 0 aliphatic carbocycles. The molecule has 0 aliphatic rings. The van der Waals surface area contributed by atoms with E-state index in [-0.39, 0.29) is 28.7 Å². The average Bonchev–Trinajstić information content (AvgIpc) is 2.36. The molecule has 0 heterocycles. The Bertz CT molecular complexity index is 599. The fraction of sp³-hybridized carbons (Fsp3) is 0.462. The van der Waals surface area contributed by atoms with Gasteiger partial charge in [0.2, 0.25) is 0 Å². The third kappa shape index (κ3) is 6.22. The standard InChI is InChI=1S/C13H16Cl2O5S/c1-9(2)8-19-5-6-20-13(16)11-7-10(21(15,17)18)3-4-12(11)14/h3-4,7,9H,5-6,8H2,1-2H3. The quantitative estimate of drug-likeness (QED) is 0.427. The first-order valence-electron chi connectivity index (χ1n) is 6.21. The Labute approximate surface area is 133 Å². The fourth-order valence-corrected chi connectivity index (χ4v) is 2.37. The molecular formula is C13H16Cl2O5S. The lowest BCUT2D eigenvalue weighted by Gasteiger charge is -2.09. The number of esters is 1. The summed E-state index contributed by atoms with van der Waals surface area (Å²) >= 11 is 5.85. The summed E-state index contributed by atoms with van der Waals surface area (Å²) < 4.78 is 32.7. The molecule has 118 valence electrons. The van der Waals surface area contributed by atoms with Crippen LogP contribution in [0.1, 0.15) is 24.2 Å². The first-order chi connectivity index (χ1) is 9.71. The molecule has 0 spiro atoms. The second-order valence-electron chi connectivity index (χ2n) is 4.68. The second-order valence-corrected chi connectivity index (χ2v) is 7.66. The minimum Gasteiger partial charge on any atom is -0.460 e. The molecule has 8 heteroatoms. The molecule has 0 saturated carbocycles. The average molecular weight is 355 g/mol. The van der Waals surface area contributed by atoms with Gasteiger partial charge in [-0.05, 0) is 24.1 Å². The molecule has 0 N–H and O–H groups in total. The molecule has 0 atom stereocenters. The van der Waals surface area contributed by atoms with Crippen LogP contribution in [0.25, 0.3) is 0 Å². The molecule has 0 aliphatic heterocycles. The van der Waals surface area contributed by atoms with Crippen LogP contribution < -0.4 is 0 Å². The predicted molar refractivity (Wildman–Crippen MR) is 80.4 cm³/mol. The molecule has 1 rings (SSSR count). The predicted octanol–water partition coefficient (Wildman–Crippen LogP) is 3.10. The zero-order valence-electron chi connectivity index (χ0n) is 11.6. The van der Waals surface area contributed by atoms with Gasteiger partial charge in [0, 0.05) is 17.3 Å². The summed E-state index contributed by atoms with van der Waals surface area (Å²) in [6.45, 7) is 4.89. The SMILES string of the molecule is CC(C)COCCOC(=O)c1cc(S(=O)(=O)Cl)ccc1Cl. The summed E-state index contributed by atoms with van der Waals surface area (Å²) in [5.41, 5.74) is -0.0535. The molecule has 0 radical (unpaired) electrons. The summed E-state index contributed by atoms with van der Waals surface area (Å²) in [5, 5.41) is 0.0900. The molecule has 21 heavy (non-hydrogen) atoms. The van der Waals surface area contributed by atoms with E-state index in [4.69, 9.17) is 31.8 Å². The van der Waals surface area contributed by atoms with E-state index in [1.165, 1.54) is 12.1 Å². The summed E-state index contributed by atoms with van der Waals surface area (Å²) in [6, 6.07) is 3.58. The Morgan fingerprint density at radius 1 is 1.29 bits per heavy atom. The van der Waals surface area contributed by atoms with Crippen LogP contribution in [-0.2, 0) is 18.5 Å². The summed E-state index contributed by atoms with van der Waals surface area (Å²) in [4.78, 5) is 11.6. The Morgan fingerprint density at radius 2 is 1.95 bits per heavy atom. The minimum absolute atomic E-state index is 0.0535. The van der Waals surface area contributed by atoms with Gasteiger partial charge in [-0.25, -0.2) is 13.2 Å². The normalized spacial score (nSPS) is 11.7. The molecule has 0 amide bonds. The van der Waals surface area contributed by atoms with Crippen molar-refractivity contribution in [2.24, 2.45) is 5.92 Å². The number of carbonyl (C=O) groups excluding carboxylic acids is 1. The minimum atomic E-state index is -3.93. The Balaban J connectivity index is 2.66. The maximum atomic E-state index is 11.8. The Morgan fingerprint density at radius 3 is 2.52 bits per heavy atom. The molecule has 0 bridgehead atoms. The van der Waals surface area contributed by atoms with Crippen LogP contribution in [0.5, 0.6) is 0 Å². The fourth-order valence-electron chi connectivity index (χ4n) is 1.40. The van der Waals surface area contributed by atoms with Crippen LogP contribution in [0, 0.1) is 5.92 Å². The van der Waals surface area contributed by atoms with E-state index in [0.29, 0.717) is 12.5 Å². The van der Waals surface area contributed by atoms with E-state index < -0.39 is 15.0 Å². The monoisotopic (exact) mass is 354 g/mol. The van der Waals surface area contributed by atoms with Gasteiger partial charge in [-0.3, -0.25) is 0 Å². The molecule has 5 nitrogen and oxygen atoms in total. The van der Waals surface area contributed by atoms with Crippen molar-refractivity contribution in [1.82, 2.24) is 0 Å². The number of hydrogen-bond acceptors (Lipinski definition) is 5. The zero-order chi connectivity index (χ0) is 16.0. The number of carbonyl (C=O) groups is 1. The lowest BCUT2D eigenvalue weighted by Crippen LogP contribution is -2.13. The van der Waals surface area contributed by atoms with Gasteiger partial charge < -0.3 is 9.47 Å². The van der Waals surface area contributed by atoms with E-state index in [9.17, 15) is 13.2 Å². The van der Waals surface area contributed by atoms with Crippen molar-refractivity contribution < 1.29 is 22.7 Å². The van der Waals surface area contributed by atoms with Crippen molar-refractivity contribution >= 4 is 37.3 Å². The molecule has 1 aromatic carbocycles. The molecule has 1 aromatic rings.